The lowest BCUT2D eigenvalue weighted by Gasteiger charge is -2.20. The summed E-state index contributed by atoms with van der Waals surface area (Å²) in [5.74, 6) is 0.0871. The summed E-state index contributed by atoms with van der Waals surface area (Å²) in [6.45, 7) is 5.91. The van der Waals surface area contributed by atoms with Crippen molar-refractivity contribution in [3.8, 4) is 5.75 Å². The monoisotopic (exact) mass is 224 g/mol. The number of rotatable bonds is 3. The molecule has 0 aromatic carbocycles. The molecule has 1 aromatic heterocycles. The quantitative estimate of drug-likeness (QED) is 0.725. The van der Waals surface area contributed by atoms with Crippen LogP contribution < -0.4 is 4.74 Å². The molecular formula is C11H16N2O3. The molecule has 88 valence electrons. The molecule has 0 amide bonds. The first-order chi connectivity index (χ1) is 7.45. The highest BCUT2D eigenvalue weighted by atomic mass is 16.6. The predicted molar refractivity (Wildman–Crippen MR) is 58.2 cm³/mol. The third-order valence-electron chi connectivity index (χ3n) is 1.96. The van der Waals surface area contributed by atoms with Crippen molar-refractivity contribution in [3.05, 3.63) is 18.2 Å². The van der Waals surface area contributed by atoms with E-state index in [1.54, 1.807) is 6.20 Å². The van der Waals surface area contributed by atoms with Crippen LogP contribution >= 0.6 is 0 Å². The molecule has 0 aliphatic rings. The zero-order valence-corrected chi connectivity index (χ0v) is 9.98. The molecule has 0 fully saturated rings. The van der Waals surface area contributed by atoms with E-state index in [-0.39, 0.29) is 12.0 Å². The molecule has 0 bridgehead atoms. The molecule has 1 aromatic rings. The first-order valence-electron chi connectivity index (χ1n) is 4.95. The van der Waals surface area contributed by atoms with Crippen LogP contribution in [0.25, 0.3) is 0 Å². The van der Waals surface area contributed by atoms with Crippen LogP contribution in [0.1, 0.15) is 26.5 Å². The molecule has 0 saturated carbocycles. The van der Waals surface area contributed by atoms with Crippen LogP contribution in [0, 0.1) is 0 Å². The SMILES string of the molecule is COC(=O)COc1cncnc1C(C)(C)C. The second kappa shape index (κ2) is 4.92. The standard InChI is InChI=1S/C11H16N2O3/c1-11(2,3)10-8(5-12-7-13-10)16-6-9(14)15-4/h5,7H,6H2,1-4H3. The van der Waals surface area contributed by atoms with E-state index in [2.05, 4.69) is 14.7 Å². The number of aromatic nitrogens is 2. The third kappa shape index (κ3) is 3.18. The minimum atomic E-state index is -0.427. The van der Waals surface area contributed by atoms with Gasteiger partial charge in [0.1, 0.15) is 6.33 Å². The van der Waals surface area contributed by atoms with Crippen molar-refractivity contribution >= 4 is 5.97 Å². The van der Waals surface area contributed by atoms with E-state index < -0.39 is 5.97 Å². The third-order valence-corrected chi connectivity index (χ3v) is 1.96. The summed E-state index contributed by atoms with van der Waals surface area (Å²) in [6.07, 6.45) is 3.02. The van der Waals surface area contributed by atoms with Crippen LogP contribution in [0.5, 0.6) is 5.75 Å². The van der Waals surface area contributed by atoms with E-state index in [9.17, 15) is 4.79 Å². The Morgan fingerprint density at radius 1 is 1.44 bits per heavy atom. The minimum absolute atomic E-state index is 0.132. The number of carbonyl (C=O) groups is 1. The highest BCUT2D eigenvalue weighted by Crippen LogP contribution is 2.27. The number of carbonyl (C=O) groups excluding carboxylic acids is 1. The van der Waals surface area contributed by atoms with Gasteiger partial charge in [-0.15, -0.1) is 0 Å². The summed E-state index contributed by atoms with van der Waals surface area (Å²) >= 11 is 0. The average molecular weight is 224 g/mol. The lowest BCUT2D eigenvalue weighted by atomic mass is 9.91. The van der Waals surface area contributed by atoms with E-state index >= 15 is 0 Å². The predicted octanol–water partition coefficient (Wildman–Crippen LogP) is 1.33. The maximum Gasteiger partial charge on any atom is 0.343 e. The number of methoxy groups -OCH3 is 1. The Balaban J connectivity index is 2.84. The molecule has 0 aliphatic heterocycles. The molecular weight excluding hydrogens is 208 g/mol. The molecule has 0 radical (unpaired) electrons. The fourth-order valence-corrected chi connectivity index (χ4v) is 1.18. The fraction of sp³-hybridized carbons (Fsp3) is 0.545. The van der Waals surface area contributed by atoms with Crippen molar-refractivity contribution in [1.82, 2.24) is 9.97 Å². The van der Waals surface area contributed by atoms with Crippen molar-refractivity contribution in [2.45, 2.75) is 26.2 Å². The molecule has 5 nitrogen and oxygen atoms in total. The Bertz CT molecular complexity index is 372. The zero-order chi connectivity index (χ0) is 12.2. The number of nitrogens with zero attached hydrogens (tertiary/aromatic N) is 2. The van der Waals surface area contributed by atoms with Gasteiger partial charge in [0.15, 0.2) is 12.4 Å². The summed E-state index contributed by atoms with van der Waals surface area (Å²) in [7, 11) is 1.32. The average Bonchev–Trinajstić information content (AvgIpc) is 2.25. The second-order valence-corrected chi connectivity index (χ2v) is 4.35. The molecule has 0 aliphatic carbocycles. The lowest BCUT2D eigenvalue weighted by Crippen LogP contribution is -2.19. The fourth-order valence-electron chi connectivity index (χ4n) is 1.18. The highest BCUT2D eigenvalue weighted by Gasteiger charge is 2.21. The Morgan fingerprint density at radius 2 is 2.12 bits per heavy atom. The number of ether oxygens (including phenoxy) is 2. The van der Waals surface area contributed by atoms with Gasteiger partial charge >= 0.3 is 5.97 Å². The Kier molecular flexibility index (Phi) is 3.82. The summed E-state index contributed by atoms with van der Waals surface area (Å²) in [4.78, 5) is 19.0. The van der Waals surface area contributed by atoms with E-state index in [0.717, 1.165) is 5.69 Å². The normalized spacial score (nSPS) is 11.0. The summed E-state index contributed by atoms with van der Waals surface area (Å²) < 4.78 is 9.81. The molecule has 16 heavy (non-hydrogen) atoms. The van der Waals surface area contributed by atoms with Crippen LogP contribution in [0.4, 0.5) is 0 Å². The summed E-state index contributed by atoms with van der Waals surface area (Å²) in [5.41, 5.74) is 0.611. The molecule has 1 heterocycles. The largest absolute Gasteiger partial charge is 0.478 e. The Morgan fingerprint density at radius 3 is 2.69 bits per heavy atom. The van der Waals surface area contributed by atoms with Gasteiger partial charge < -0.3 is 9.47 Å². The summed E-state index contributed by atoms with van der Waals surface area (Å²) in [6, 6.07) is 0. The summed E-state index contributed by atoms with van der Waals surface area (Å²) in [5, 5.41) is 0. The van der Waals surface area contributed by atoms with Crippen molar-refractivity contribution in [1.29, 1.82) is 0 Å². The lowest BCUT2D eigenvalue weighted by molar-refractivity contribution is -0.142. The maximum atomic E-state index is 11.0. The van der Waals surface area contributed by atoms with Gasteiger partial charge in [-0.1, -0.05) is 20.8 Å². The van der Waals surface area contributed by atoms with Gasteiger partial charge in [-0.3, -0.25) is 0 Å². The smallest absolute Gasteiger partial charge is 0.343 e. The molecule has 0 N–H and O–H groups in total. The number of hydrogen-bond acceptors (Lipinski definition) is 5. The maximum absolute atomic E-state index is 11.0. The molecule has 0 spiro atoms. The Labute approximate surface area is 94.8 Å². The first-order valence-corrected chi connectivity index (χ1v) is 4.95. The molecule has 5 heteroatoms. The Hall–Kier alpha value is -1.65. The minimum Gasteiger partial charge on any atom is -0.478 e. The van der Waals surface area contributed by atoms with Crippen molar-refractivity contribution in [2.24, 2.45) is 0 Å². The van der Waals surface area contributed by atoms with Crippen LogP contribution in [0.3, 0.4) is 0 Å². The van der Waals surface area contributed by atoms with Crippen molar-refractivity contribution < 1.29 is 14.3 Å². The number of hydrogen-bond donors (Lipinski definition) is 0. The highest BCUT2D eigenvalue weighted by molar-refractivity contribution is 5.70. The van der Waals surface area contributed by atoms with Gasteiger partial charge in [0, 0.05) is 5.41 Å². The van der Waals surface area contributed by atoms with Gasteiger partial charge in [-0.25, -0.2) is 14.8 Å². The van der Waals surface area contributed by atoms with Crippen LogP contribution in [-0.2, 0) is 14.9 Å². The van der Waals surface area contributed by atoms with Crippen molar-refractivity contribution in [2.75, 3.05) is 13.7 Å². The van der Waals surface area contributed by atoms with Crippen LogP contribution in [-0.4, -0.2) is 29.7 Å². The topological polar surface area (TPSA) is 61.3 Å². The van der Waals surface area contributed by atoms with Crippen LogP contribution in [0.15, 0.2) is 12.5 Å². The van der Waals surface area contributed by atoms with Gasteiger partial charge in [0.2, 0.25) is 0 Å². The molecule has 0 unspecified atom stereocenters. The van der Waals surface area contributed by atoms with E-state index in [4.69, 9.17) is 4.74 Å². The molecule has 1 rings (SSSR count). The van der Waals surface area contributed by atoms with Crippen LogP contribution in [0.2, 0.25) is 0 Å². The van der Waals surface area contributed by atoms with Gasteiger partial charge in [-0.05, 0) is 0 Å². The number of esters is 1. The first kappa shape index (κ1) is 12.4. The molecule has 0 atom stereocenters. The van der Waals surface area contributed by atoms with Gasteiger partial charge in [0.05, 0.1) is 19.0 Å². The van der Waals surface area contributed by atoms with E-state index in [1.165, 1.54) is 13.4 Å². The van der Waals surface area contributed by atoms with Crippen molar-refractivity contribution in [3.63, 3.8) is 0 Å². The molecule has 0 saturated heterocycles. The van der Waals surface area contributed by atoms with E-state index in [0.29, 0.717) is 5.75 Å². The zero-order valence-electron chi connectivity index (χ0n) is 9.98. The van der Waals surface area contributed by atoms with E-state index in [1.807, 2.05) is 20.8 Å². The van der Waals surface area contributed by atoms with Gasteiger partial charge in [0.25, 0.3) is 0 Å². The second-order valence-electron chi connectivity index (χ2n) is 4.35. The van der Waals surface area contributed by atoms with Gasteiger partial charge in [-0.2, -0.15) is 0 Å².